The largest absolute Gasteiger partial charge is 0.483 e. The van der Waals surface area contributed by atoms with Gasteiger partial charge in [-0.1, -0.05) is 20.3 Å². The van der Waals surface area contributed by atoms with E-state index in [1.807, 2.05) is 6.07 Å². The Morgan fingerprint density at radius 1 is 1.24 bits per heavy atom. The van der Waals surface area contributed by atoms with E-state index < -0.39 is 0 Å². The molecule has 1 aromatic carbocycles. The second-order valence-corrected chi connectivity index (χ2v) is 6.19. The molecule has 21 heavy (non-hydrogen) atoms. The van der Waals surface area contributed by atoms with Gasteiger partial charge in [-0.15, -0.1) is 0 Å². The Bertz CT molecular complexity index is 517. The lowest BCUT2D eigenvalue weighted by Gasteiger charge is -2.40. The maximum atomic E-state index is 6.30. The SMILES string of the molecule is CCCCNC1CC(C)(CC)Oc2c1ccc1c2OCO1. The van der Waals surface area contributed by atoms with Gasteiger partial charge in [-0.2, -0.15) is 0 Å². The third-order valence-electron chi connectivity index (χ3n) is 4.55. The fourth-order valence-corrected chi connectivity index (χ4v) is 3.02. The highest BCUT2D eigenvalue weighted by atomic mass is 16.7. The summed E-state index contributed by atoms with van der Waals surface area (Å²) < 4.78 is 17.4. The molecule has 0 aliphatic carbocycles. The summed E-state index contributed by atoms with van der Waals surface area (Å²) in [5.41, 5.74) is 1.04. The van der Waals surface area contributed by atoms with Gasteiger partial charge >= 0.3 is 0 Å². The van der Waals surface area contributed by atoms with Crippen LogP contribution >= 0.6 is 0 Å². The van der Waals surface area contributed by atoms with Crippen LogP contribution in [0, 0.1) is 0 Å². The Morgan fingerprint density at radius 3 is 2.86 bits per heavy atom. The monoisotopic (exact) mass is 291 g/mol. The maximum Gasteiger partial charge on any atom is 0.231 e. The Balaban J connectivity index is 1.93. The molecular weight excluding hydrogens is 266 g/mol. The Labute approximate surface area is 126 Å². The van der Waals surface area contributed by atoms with Gasteiger partial charge in [0.2, 0.25) is 12.5 Å². The topological polar surface area (TPSA) is 39.7 Å². The molecule has 4 heteroatoms. The van der Waals surface area contributed by atoms with Gasteiger partial charge in [-0.05, 0) is 38.4 Å². The molecule has 1 N–H and O–H groups in total. The van der Waals surface area contributed by atoms with Crippen molar-refractivity contribution in [1.82, 2.24) is 5.32 Å². The van der Waals surface area contributed by atoms with Gasteiger partial charge < -0.3 is 19.5 Å². The smallest absolute Gasteiger partial charge is 0.231 e. The molecule has 2 aliphatic rings. The van der Waals surface area contributed by atoms with Crippen molar-refractivity contribution in [1.29, 1.82) is 0 Å². The van der Waals surface area contributed by atoms with Crippen LogP contribution in [0.15, 0.2) is 12.1 Å². The van der Waals surface area contributed by atoms with E-state index in [0.29, 0.717) is 6.04 Å². The van der Waals surface area contributed by atoms with Gasteiger partial charge in [0.15, 0.2) is 11.5 Å². The van der Waals surface area contributed by atoms with E-state index in [9.17, 15) is 0 Å². The first-order valence-electron chi connectivity index (χ1n) is 8.02. The van der Waals surface area contributed by atoms with Crippen LogP contribution < -0.4 is 19.5 Å². The predicted octanol–water partition coefficient (Wildman–Crippen LogP) is 3.80. The number of hydrogen-bond donors (Lipinski definition) is 1. The second-order valence-electron chi connectivity index (χ2n) is 6.19. The van der Waals surface area contributed by atoms with E-state index in [-0.39, 0.29) is 12.4 Å². The van der Waals surface area contributed by atoms with Crippen LogP contribution in [0.3, 0.4) is 0 Å². The average molecular weight is 291 g/mol. The number of ether oxygens (including phenoxy) is 3. The van der Waals surface area contributed by atoms with Crippen molar-refractivity contribution in [3.05, 3.63) is 17.7 Å². The molecule has 3 rings (SSSR count). The second kappa shape index (κ2) is 5.76. The minimum absolute atomic E-state index is 0.155. The quantitative estimate of drug-likeness (QED) is 0.838. The normalized spacial score (nSPS) is 26.3. The number of nitrogens with one attached hydrogen (secondary N) is 1. The van der Waals surface area contributed by atoms with Crippen LogP contribution in [0.1, 0.15) is 58.1 Å². The summed E-state index contributed by atoms with van der Waals surface area (Å²) in [7, 11) is 0. The molecule has 0 saturated heterocycles. The standard InChI is InChI=1S/C17H25NO3/c1-4-6-9-18-13-10-17(3,5-2)21-15-12(13)7-8-14-16(15)20-11-19-14/h7-8,13,18H,4-6,9-11H2,1-3H3. The van der Waals surface area contributed by atoms with Gasteiger partial charge in [0, 0.05) is 18.0 Å². The lowest BCUT2D eigenvalue weighted by Crippen LogP contribution is -2.41. The predicted molar refractivity (Wildman–Crippen MR) is 82.2 cm³/mol. The summed E-state index contributed by atoms with van der Waals surface area (Å²) in [6.07, 6.45) is 4.36. The molecule has 0 saturated carbocycles. The van der Waals surface area contributed by atoms with Crippen molar-refractivity contribution in [3.8, 4) is 17.2 Å². The molecule has 116 valence electrons. The summed E-state index contributed by atoms with van der Waals surface area (Å²) in [5.74, 6) is 2.44. The van der Waals surface area contributed by atoms with Gasteiger partial charge in [-0.3, -0.25) is 0 Å². The fraction of sp³-hybridized carbons (Fsp3) is 0.647. The fourth-order valence-electron chi connectivity index (χ4n) is 3.02. The first kappa shape index (κ1) is 14.5. The van der Waals surface area contributed by atoms with Gasteiger partial charge in [-0.25, -0.2) is 0 Å². The van der Waals surface area contributed by atoms with E-state index in [0.717, 1.165) is 36.6 Å². The average Bonchev–Trinajstić information content (AvgIpc) is 2.96. The third-order valence-corrected chi connectivity index (χ3v) is 4.55. The van der Waals surface area contributed by atoms with Crippen molar-refractivity contribution in [2.24, 2.45) is 0 Å². The maximum absolute atomic E-state index is 6.30. The zero-order valence-electron chi connectivity index (χ0n) is 13.2. The van der Waals surface area contributed by atoms with Crippen molar-refractivity contribution < 1.29 is 14.2 Å². The highest BCUT2D eigenvalue weighted by Gasteiger charge is 2.39. The molecule has 0 radical (unpaired) electrons. The zero-order chi connectivity index (χ0) is 14.9. The molecule has 4 nitrogen and oxygen atoms in total. The van der Waals surface area contributed by atoms with Crippen LogP contribution in [0.4, 0.5) is 0 Å². The number of unbranched alkanes of at least 4 members (excludes halogenated alkanes) is 1. The summed E-state index contributed by atoms with van der Waals surface area (Å²) >= 11 is 0. The number of benzene rings is 1. The highest BCUT2D eigenvalue weighted by molar-refractivity contribution is 5.58. The number of fused-ring (bicyclic) bond motifs is 3. The highest BCUT2D eigenvalue weighted by Crippen LogP contribution is 2.51. The molecule has 2 aliphatic heterocycles. The van der Waals surface area contributed by atoms with Crippen LogP contribution in [-0.2, 0) is 0 Å². The molecule has 2 atom stereocenters. The molecule has 2 heterocycles. The van der Waals surface area contributed by atoms with Crippen molar-refractivity contribution in [3.63, 3.8) is 0 Å². The molecule has 0 bridgehead atoms. The molecule has 0 spiro atoms. The summed E-state index contributed by atoms with van der Waals surface area (Å²) in [6, 6.07) is 4.43. The first-order chi connectivity index (χ1) is 10.2. The molecule has 2 unspecified atom stereocenters. The Morgan fingerprint density at radius 2 is 2.10 bits per heavy atom. The summed E-state index contributed by atoms with van der Waals surface area (Å²) in [4.78, 5) is 0. The molecular formula is C17H25NO3. The van der Waals surface area contributed by atoms with Crippen LogP contribution in [0.5, 0.6) is 17.2 Å². The molecule has 0 aromatic heterocycles. The molecule has 1 aromatic rings. The Hall–Kier alpha value is -1.42. The number of hydrogen-bond acceptors (Lipinski definition) is 4. The van der Waals surface area contributed by atoms with Crippen LogP contribution in [-0.4, -0.2) is 18.9 Å². The minimum Gasteiger partial charge on any atom is -0.483 e. The van der Waals surface area contributed by atoms with Crippen LogP contribution in [0.2, 0.25) is 0 Å². The number of rotatable bonds is 5. The third kappa shape index (κ3) is 2.69. The minimum atomic E-state index is -0.155. The first-order valence-corrected chi connectivity index (χ1v) is 8.02. The summed E-state index contributed by atoms with van der Waals surface area (Å²) in [6.45, 7) is 7.89. The van der Waals surface area contributed by atoms with Crippen LogP contribution in [0.25, 0.3) is 0 Å². The van der Waals surface area contributed by atoms with E-state index in [4.69, 9.17) is 14.2 Å². The van der Waals surface area contributed by atoms with Crippen molar-refractivity contribution >= 4 is 0 Å². The zero-order valence-corrected chi connectivity index (χ0v) is 13.2. The van der Waals surface area contributed by atoms with Crippen molar-refractivity contribution in [2.75, 3.05) is 13.3 Å². The van der Waals surface area contributed by atoms with E-state index in [2.05, 4.69) is 32.2 Å². The van der Waals surface area contributed by atoms with E-state index in [1.165, 1.54) is 18.4 Å². The lowest BCUT2D eigenvalue weighted by molar-refractivity contribution is 0.0403. The molecule has 0 fully saturated rings. The van der Waals surface area contributed by atoms with Gasteiger partial charge in [0.25, 0.3) is 0 Å². The van der Waals surface area contributed by atoms with Gasteiger partial charge in [0.1, 0.15) is 5.60 Å². The van der Waals surface area contributed by atoms with Gasteiger partial charge in [0.05, 0.1) is 0 Å². The van der Waals surface area contributed by atoms with Crippen molar-refractivity contribution in [2.45, 2.75) is 58.1 Å². The van der Waals surface area contributed by atoms with E-state index >= 15 is 0 Å². The molecule has 0 amide bonds. The van der Waals surface area contributed by atoms with E-state index in [1.54, 1.807) is 0 Å². The summed E-state index contributed by atoms with van der Waals surface area (Å²) in [5, 5.41) is 3.68. The Kier molecular flexibility index (Phi) is 3.98. The lowest BCUT2D eigenvalue weighted by atomic mass is 9.86.